The first-order chi connectivity index (χ1) is 10.6. The van der Waals surface area contributed by atoms with E-state index < -0.39 is 0 Å². The molecule has 0 saturated carbocycles. The molecule has 2 heterocycles. The molecule has 0 aliphatic heterocycles. The number of benzene rings is 1. The van der Waals surface area contributed by atoms with Gasteiger partial charge in [-0.15, -0.1) is 10.2 Å². The van der Waals surface area contributed by atoms with E-state index in [2.05, 4.69) is 20.5 Å². The van der Waals surface area contributed by atoms with Gasteiger partial charge in [0.1, 0.15) is 5.82 Å². The predicted octanol–water partition coefficient (Wildman–Crippen LogP) is 3.74. The summed E-state index contributed by atoms with van der Waals surface area (Å²) in [5, 5.41) is 11.1. The minimum absolute atomic E-state index is 0.176. The van der Waals surface area contributed by atoms with Gasteiger partial charge in [0.05, 0.1) is 16.0 Å². The molecule has 0 atom stereocenters. The highest BCUT2D eigenvalue weighted by Crippen LogP contribution is 2.29. The standard InChI is InChI=1S/C12H9FN4OS4/c1-19-11-16-17-12(22-11)20-5-9(18)15-10-14-7-3-2-6(13)4-8(7)21-10/h2-4H,5H2,1H3,(H,14,15,18). The van der Waals surface area contributed by atoms with Crippen molar-refractivity contribution in [2.24, 2.45) is 0 Å². The molecule has 0 bridgehead atoms. The summed E-state index contributed by atoms with van der Waals surface area (Å²) in [6.07, 6.45) is 1.93. The van der Waals surface area contributed by atoms with Gasteiger partial charge in [-0.05, 0) is 24.5 Å². The molecule has 0 spiro atoms. The minimum Gasteiger partial charge on any atom is -0.301 e. The van der Waals surface area contributed by atoms with Crippen LogP contribution < -0.4 is 5.32 Å². The second kappa shape index (κ2) is 6.90. The van der Waals surface area contributed by atoms with Gasteiger partial charge in [0, 0.05) is 0 Å². The summed E-state index contributed by atoms with van der Waals surface area (Å²) >= 11 is 5.56. The maximum absolute atomic E-state index is 13.1. The predicted molar refractivity (Wildman–Crippen MR) is 90.6 cm³/mol. The van der Waals surface area contributed by atoms with E-state index in [-0.39, 0.29) is 17.5 Å². The van der Waals surface area contributed by atoms with Crippen LogP contribution in [0.2, 0.25) is 0 Å². The molecule has 0 radical (unpaired) electrons. The number of fused-ring (bicyclic) bond motifs is 1. The first-order valence-corrected chi connectivity index (χ1v) is 9.84. The van der Waals surface area contributed by atoms with Gasteiger partial charge in [-0.25, -0.2) is 9.37 Å². The molecule has 3 rings (SSSR count). The van der Waals surface area contributed by atoms with E-state index in [1.807, 2.05) is 6.26 Å². The average Bonchev–Trinajstić information content (AvgIpc) is 3.10. The smallest absolute Gasteiger partial charge is 0.236 e. The summed E-state index contributed by atoms with van der Waals surface area (Å²) in [5.74, 6) is -0.260. The van der Waals surface area contributed by atoms with Crippen LogP contribution >= 0.6 is 46.2 Å². The number of hydrogen-bond donors (Lipinski definition) is 1. The molecule has 0 fully saturated rings. The number of halogens is 1. The van der Waals surface area contributed by atoms with Crippen LogP contribution in [0, 0.1) is 5.82 Å². The van der Waals surface area contributed by atoms with Crippen molar-refractivity contribution >= 4 is 67.5 Å². The van der Waals surface area contributed by atoms with Gasteiger partial charge in [0.25, 0.3) is 0 Å². The van der Waals surface area contributed by atoms with E-state index in [1.165, 1.54) is 58.3 Å². The maximum Gasteiger partial charge on any atom is 0.236 e. The van der Waals surface area contributed by atoms with E-state index in [4.69, 9.17) is 0 Å². The van der Waals surface area contributed by atoms with Crippen LogP contribution in [0.15, 0.2) is 26.9 Å². The Morgan fingerprint density at radius 3 is 2.91 bits per heavy atom. The second-order valence-corrected chi connectivity index (χ2v) is 8.29. The van der Waals surface area contributed by atoms with Crippen molar-refractivity contribution in [3.8, 4) is 0 Å². The lowest BCUT2D eigenvalue weighted by Crippen LogP contribution is -2.13. The number of nitrogens with zero attached hydrogens (tertiary/aromatic N) is 3. The number of nitrogens with one attached hydrogen (secondary N) is 1. The molecule has 0 aliphatic rings. The molecule has 22 heavy (non-hydrogen) atoms. The SMILES string of the molecule is CSc1nnc(SCC(=O)Nc2nc3ccc(F)cc3s2)s1. The molecule has 10 heteroatoms. The van der Waals surface area contributed by atoms with Gasteiger partial charge in [-0.3, -0.25) is 4.79 Å². The van der Waals surface area contributed by atoms with Crippen molar-refractivity contribution in [2.75, 3.05) is 17.3 Å². The third-order valence-electron chi connectivity index (χ3n) is 2.49. The van der Waals surface area contributed by atoms with Crippen LogP contribution in [-0.2, 0) is 4.79 Å². The van der Waals surface area contributed by atoms with Crippen molar-refractivity contribution in [3.05, 3.63) is 24.0 Å². The molecule has 0 saturated heterocycles. The second-order valence-electron chi connectivity index (χ2n) is 4.01. The molecule has 114 valence electrons. The van der Waals surface area contributed by atoms with Crippen LogP contribution in [0.25, 0.3) is 10.2 Å². The number of amides is 1. The van der Waals surface area contributed by atoms with Crippen LogP contribution in [-0.4, -0.2) is 33.1 Å². The summed E-state index contributed by atoms with van der Waals surface area (Å²) in [6.45, 7) is 0. The van der Waals surface area contributed by atoms with Crippen molar-refractivity contribution < 1.29 is 9.18 Å². The fourth-order valence-electron chi connectivity index (χ4n) is 1.57. The quantitative estimate of drug-likeness (QED) is 0.688. The Labute approximate surface area is 141 Å². The van der Waals surface area contributed by atoms with Gasteiger partial charge >= 0.3 is 0 Å². The zero-order valence-electron chi connectivity index (χ0n) is 11.2. The van der Waals surface area contributed by atoms with Crippen molar-refractivity contribution in [1.29, 1.82) is 0 Å². The molecule has 1 aromatic carbocycles. The summed E-state index contributed by atoms with van der Waals surface area (Å²) in [5.41, 5.74) is 0.670. The van der Waals surface area contributed by atoms with Gasteiger partial charge in [-0.1, -0.05) is 46.2 Å². The summed E-state index contributed by atoms with van der Waals surface area (Å²) < 4.78 is 15.5. The van der Waals surface area contributed by atoms with Crippen LogP contribution in [0.3, 0.4) is 0 Å². The number of thiazole rings is 1. The van der Waals surface area contributed by atoms with Crippen molar-refractivity contribution in [2.45, 2.75) is 8.68 Å². The number of carbonyl (C=O) groups excluding carboxylic acids is 1. The fourth-order valence-corrected chi connectivity index (χ4v) is 4.72. The van der Waals surface area contributed by atoms with E-state index >= 15 is 0 Å². The van der Waals surface area contributed by atoms with E-state index in [9.17, 15) is 9.18 Å². The highest BCUT2D eigenvalue weighted by atomic mass is 32.2. The van der Waals surface area contributed by atoms with Gasteiger partial charge < -0.3 is 5.32 Å². The van der Waals surface area contributed by atoms with Crippen LogP contribution in [0.1, 0.15) is 0 Å². The number of aromatic nitrogens is 3. The average molecular weight is 372 g/mol. The van der Waals surface area contributed by atoms with E-state index in [0.717, 1.165) is 8.68 Å². The maximum atomic E-state index is 13.1. The van der Waals surface area contributed by atoms with E-state index in [0.29, 0.717) is 15.3 Å². The number of hydrogen-bond acceptors (Lipinski definition) is 8. The Bertz CT molecular complexity index is 818. The van der Waals surface area contributed by atoms with Gasteiger partial charge in [-0.2, -0.15) is 0 Å². The molecular formula is C12H9FN4OS4. The molecule has 2 aromatic heterocycles. The highest BCUT2D eigenvalue weighted by molar-refractivity contribution is 8.03. The summed E-state index contributed by atoms with van der Waals surface area (Å²) in [4.78, 5) is 16.2. The molecular weight excluding hydrogens is 363 g/mol. The zero-order valence-corrected chi connectivity index (χ0v) is 14.5. The molecule has 1 amide bonds. The lowest BCUT2D eigenvalue weighted by atomic mass is 10.3. The monoisotopic (exact) mass is 372 g/mol. The lowest BCUT2D eigenvalue weighted by molar-refractivity contribution is -0.113. The Kier molecular flexibility index (Phi) is 4.91. The number of rotatable bonds is 5. The number of thioether (sulfide) groups is 2. The minimum atomic E-state index is -0.314. The van der Waals surface area contributed by atoms with E-state index in [1.54, 1.807) is 6.07 Å². The van der Waals surface area contributed by atoms with Crippen molar-refractivity contribution in [3.63, 3.8) is 0 Å². The first kappa shape index (κ1) is 15.7. The van der Waals surface area contributed by atoms with Crippen LogP contribution in [0.4, 0.5) is 9.52 Å². The van der Waals surface area contributed by atoms with Gasteiger partial charge in [0.15, 0.2) is 13.8 Å². The normalized spacial score (nSPS) is 11.0. The topological polar surface area (TPSA) is 67.8 Å². The third kappa shape index (κ3) is 3.75. The molecule has 0 aliphatic carbocycles. The Hall–Kier alpha value is -1.23. The highest BCUT2D eigenvalue weighted by Gasteiger charge is 2.11. The van der Waals surface area contributed by atoms with Gasteiger partial charge in [0.2, 0.25) is 5.91 Å². The lowest BCUT2D eigenvalue weighted by Gasteiger charge is -1.98. The fraction of sp³-hybridized carbons (Fsp3) is 0.167. The molecule has 5 nitrogen and oxygen atoms in total. The molecule has 0 unspecified atom stereocenters. The Morgan fingerprint density at radius 1 is 1.32 bits per heavy atom. The number of anilines is 1. The largest absolute Gasteiger partial charge is 0.301 e. The summed E-state index contributed by atoms with van der Waals surface area (Å²) in [7, 11) is 0. The molecule has 1 N–H and O–H groups in total. The Morgan fingerprint density at radius 2 is 2.14 bits per heavy atom. The van der Waals surface area contributed by atoms with Crippen LogP contribution in [0.5, 0.6) is 0 Å². The van der Waals surface area contributed by atoms with Crippen molar-refractivity contribution in [1.82, 2.24) is 15.2 Å². The number of carbonyl (C=O) groups is 1. The first-order valence-electron chi connectivity index (χ1n) is 6.00. The third-order valence-corrected chi connectivity index (χ3v) is 6.45. The summed E-state index contributed by atoms with van der Waals surface area (Å²) in [6, 6.07) is 4.35. The molecule has 3 aromatic rings. The zero-order chi connectivity index (χ0) is 15.5. The Balaban J connectivity index is 1.60.